The summed E-state index contributed by atoms with van der Waals surface area (Å²) in [6.07, 6.45) is 4.28. The van der Waals surface area contributed by atoms with Crippen LogP contribution in [0.5, 0.6) is 0 Å². The summed E-state index contributed by atoms with van der Waals surface area (Å²) >= 11 is 0. The van der Waals surface area contributed by atoms with Gasteiger partial charge in [-0.1, -0.05) is 6.42 Å². The molecule has 0 N–H and O–H groups in total. The van der Waals surface area contributed by atoms with Crippen molar-refractivity contribution in [1.29, 1.82) is 0 Å². The molecule has 0 radical (unpaired) electrons. The second-order valence-electron chi connectivity index (χ2n) is 4.53. The van der Waals surface area contributed by atoms with E-state index in [1.165, 1.54) is 32.4 Å². The van der Waals surface area contributed by atoms with Crippen LogP contribution >= 0.6 is 0 Å². The lowest BCUT2D eigenvalue weighted by molar-refractivity contribution is 0.185. The third kappa shape index (κ3) is 8.26. The molecule has 2 nitrogen and oxygen atoms in total. The van der Waals surface area contributed by atoms with E-state index in [2.05, 4.69) is 18.7 Å². The molecule has 0 saturated carbocycles. The van der Waals surface area contributed by atoms with Crippen LogP contribution in [-0.4, -0.2) is 50.1 Å². The van der Waals surface area contributed by atoms with Crippen LogP contribution in [-0.2, 0) is 0 Å². The number of rotatable bonds is 1. The van der Waals surface area contributed by atoms with Gasteiger partial charge in [0.25, 0.3) is 0 Å². The maximum absolute atomic E-state index is 2.56. The maximum atomic E-state index is 2.56. The van der Waals surface area contributed by atoms with Gasteiger partial charge in [-0.05, 0) is 60.9 Å². The Morgan fingerprint density at radius 3 is 1.54 bits per heavy atom. The highest BCUT2D eigenvalue weighted by Gasteiger charge is 2.11. The van der Waals surface area contributed by atoms with Crippen molar-refractivity contribution >= 4 is 0 Å². The van der Waals surface area contributed by atoms with E-state index in [1.807, 2.05) is 26.0 Å². The first-order chi connectivity index (χ1) is 6.04. The maximum Gasteiger partial charge on any atom is 0.00385 e. The summed E-state index contributed by atoms with van der Waals surface area (Å²) in [5.41, 5.74) is 0. The normalized spacial score (nSPS) is 18.7. The highest BCUT2D eigenvalue weighted by Crippen LogP contribution is 2.10. The van der Waals surface area contributed by atoms with Crippen LogP contribution in [0.15, 0.2) is 0 Å². The SMILES string of the molecule is CC(C)N1CCCCC1.CN(C)C. The summed E-state index contributed by atoms with van der Waals surface area (Å²) in [6, 6.07) is 0.769. The van der Waals surface area contributed by atoms with Gasteiger partial charge >= 0.3 is 0 Å². The predicted octanol–water partition coefficient (Wildman–Crippen LogP) is 2.06. The van der Waals surface area contributed by atoms with Crippen LogP contribution in [0.25, 0.3) is 0 Å². The summed E-state index contributed by atoms with van der Waals surface area (Å²) in [6.45, 7) is 7.23. The van der Waals surface area contributed by atoms with Crippen molar-refractivity contribution in [3.05, 3.63) is 0 Å². The molecule has 0 bridgehead atoms. The van der Waals surface area contributed by atoms with Crippen LogP contribution in [0, 0.1) is 0 Å². The quantitative estimate of drug-likeness (QED) is 0.618. The molecule has 1 saturated heterocycles. The van der Waals surface area contributed by atoms with Gasteiger partial charge in [0.15, 0.2) is 0 Å². The van der Waals surface area contributed by atoms with E-state index < -0.39 is 0 Å². The Kier molecular flexibility index (Phi) is 7.29. The van der Waals surface area contributed by atoms with Crippen molar-refractivity contribution in [2.24, 2.45) is 0 Å². The number of hydrogen-bond acceptors (Lipinski definition) is 2. The van der Waals surface area contributed by atoms with E-state index in [1.54, 1.807) is 0 Å². The summed E-state index contributed by atoms with van der Waals surface area (Å²) in [5.74, 6) is 0. The van der Waals surface area contributed by atoms with Gasteiger partial charge in [0, 0.05) is 6.04 Å². The fourth-order valence-corrected chi connectivity index (χ4v) is 1.43. The van der Waals surface area contributed by atoms with Crippen molar-refractivity contribution in [3.63, 3.8) is 0 Å². The van der Waals surface area contributed by atoms with Crippen LogP contribution in [0.1, 0.15) is 33.1 Å². The minimum absolute atomic E-state index is 0.769. The smallest absolute Gasteiger partial charge is 0.00385 e. The Labute approximate surface area is 83.9 Å². The van der Waals surface area contributed by atoms with Crippen molar-refractivity contribution in [1.82, 2.24) is 9.80 Å². The molecule has 0 amide bonds. The number of likely N-dealkylation sites (tertiary alicyclic amines) is 1. The van der Waals surface area contributed by atoms with Gasteiger partial charge in [-0.15, -0.1) is 0 Å². The number of piperidine rings is 1. The largest absolute Gasteiger partial charge is 0.312 e. The molecule has 0 aromatic heterocycles. The fraction of sp³-hybridized carbons (Fsp3) is 1.00. The minimum Gasteiger partial charge on any atom is -0.312 e. The molecule has 0 aliphatic carbocycles. The van der Waals surface area contributed by atoms with E-state index in [9.17, 15) is 0 Å². The second kappa shape index (κ2) is 7.34. The Bertz CT molecular complexity index is 102. The van der Waals surface area contributed by atoms with Crippen LogP contribution < -0.4 is 0 Å². The minimum atomic E-state index is 0.769. The average Bonchev–Trinajstić information content (AvgIpc) is 2.05. The van der Waals surface area contributed by atoms with E-state index in [-0.39, 0.29) is 0 Å². The summed E-state index contributed by atoms with van der Waals surface area (Å²) in [5, 5.41) is 0. The van der Waals surface area contributed by atoms with E-state index in [4.69, 9.17) is 0 Å². The first kappa shape index (κ1) is 12.9. The van der Waals surface area contributed by atoms with E-state index in [0.29, 0.717) is 0 Å². The molecule has 1 rings (SSSR count). The number of nitrogens with zero attached hydrogens (tertiary/aromatic N) is 2. The average molecular weight is 186 g/mol. The number of hydrogen-bond donors (Lipinski definition) is 0. The molecule has 0 aromatic rings. The van der Waals surface area contributed by atoms with Gasteiger partial charge in [0.1, 0.15) is 0 Å². The van der Waals surface area contributed by atoms with Crippen molar-refractivity contribution < 1.29 is 0 Å². The molecule has 1 aliphatic rings. The summed E-state index contributed by atoms with van der Waals surface area (Å²) in [7, 11) is 6.00. The molecule has 13 heavy (non-hydrogen) atoms. The standard InChI is InChI=1S/C8H17N.C3H9N/c1-8(2)9-6-4-3-5-7-9;1-4(2)3/h8H,3-7H2,1-2H3;1-3H3. The molecule has 80 valence electrons. The van der Waals surface area contributed by atoms with Crippen molar-refractivity contribution in [2.45, 2.75) is 39.2 Å². The Morgan fingerprint density at radius 2 is 1.31 bits per heavy atom. The molecule has 0 spiro atoms. The van der Waals surface area contributed by atoms with Crippen LogP contribution in [0.2, 0.25) is 0 Å². The molecular formula is C11H26N2. The van der Waals surface area contributed by atoms with Crippen molar-refractivity contribution in [2.75, 3.05) is 34.2 Å². The lowest BCUT2D eigenvalue weighted by Gasteiger charge is -2.29. The van der Waals surface area contributed by atoms with Gasteiger partial charge in [0.05, 0.1) is 0 Å². The van der Waals surface area contributed by atoms with Crippen LogP contribution in [0.4, 0.5) is 0 Å². The Balaban J connectivity index is 0.000000310. The topological polar surface area (TPSA) is 6.48 Å². The molecule has 1 heterocycles. The Hall–Kier alpha value is -0.0800. The zero-order valence-electron chi connectivity index (χ0n) is 10.0. The van der Waals surface area contributed by atoms with Gasteiger partial charge in [-0.3, -0.25) is 0 Å². The molecular weight excluding hydrogens is 160 g/mol. The molecule has 0 aromatic carbocycles. The van der Waals surface area contributed by atoms with E-state index >= 15 is 0 Å². The molecule has 2 heteroatoms. The third-order valence-corrected chi connectivity index (χ3v) is 2.12. The molecule has 0 unspecified atom stereocenters. The van der Waals surface area contributed by atoms with Crippen molar-refractivity contribution in [3.8, 4) is 0 Å². The molecule has 1 aliphatic heterocycles. The van der Waals surface area contributed by atoms with Gasteiger partial charge < -0.3 is 9.80 Å². The first-order valence-corrected chi connectivity index (χ1v) is 5.39. The highest BCUT2D eigenvalue weighted by atomic mass is 15.1. The zero-order chi connectivity index (χ0) is 10.3. The summed E-state index contributed by atoms with van der Waals surface area (Å²) < 4.78 is 0. The monoisotopic (exact) mass is 186 g/mol. The van der Waals surface area contributed by atoms with Gasteiger partial charge in [-0.2, -0.15) is 0 Å². The predicted molar refractivity (Wildman–Crippen MR) is 60.2 cm³/mol. The first-order valence-electron chi connectivity index (χ1n) is 5.39. The lowest BCUT2D eigenvalue weighted by Crippen LogP contribution is -2.35. The van der Waals surface area contributed by atoms with Gasteiger partial charge in [0.2, 0.25) is 0 Å². The third-order valence-electron chi connectivity index (χ3n) is 2.12. The zero-order valence-corrected chi connectivity index (χ0v) is 10.0. The molecule has 0 atom stereocenters. The van der Waals surface area contributed by atoms with Crippen LogP contribution in [0.3, 0.4) is 0 Å². The highest BCUT2D eigenvalue weighted by molar-refractivity contribution is 4.67. The lowest BCUT2D eigenvalue weighted by atomic mass is 10.1. The summed E-state index contributed by atoms with van der Waals surface area (Å²) in [4.78, 5) is 4.56. The Morgan fingerprint density at radius 1 is 0.923 bits per heavy atom. The molecule has 1 fully saturated rings. The second-order valence-corrected chi connectivity index (χ2v) is 4.53. The fourth-order valence-electron chi connectivity index (χ4n) is 1.43. The van der Waals surface area contributed by atoms with E-state index in [0.717, 1.165) is 6.04 Å². The van der Waals surface area contributed by atoms with Gasteiger partial charge in [-0.25, -0.2) is 0 Å².